The van der Waals surface area contributed by atoms with Gasteiger partial charge in [-0.25, -0.2) is 15.2 Å². The number of hydrogen-bond donors (Lipinski definition) is 2. The molecule has 2 N–H and O–H groups in total. The minimum Gasteiger partial charge on any atom is -0.464 e. The number of fused-ring (bicyclic) bond motifs is 6. The smallest absolute Gasteiger partial charge is 0.324 e. The Morgan fingerprint density at radius 1 is 1.11 bits per heavy atom. The van der Waals surface area contributed by atoms with Gasteiger partial charge in [0.2, 0.25) is 11.8 Å². The van der Waals surface area contributed by atoms with Crippen LogP contribution in [0.1, 0.15) is 101 Å². The van der Waals surface area contributed by atoms with E-state index in [2.05, 4.69) is 81.1 Å². The van der Waals surface area contributed by atoms with Crippen LogP contribution in [0.5, 0.6) is 0 Å². The van der Waals surface area contributed by atoms with E-state index in [0.29, 0.717) is 50.3 Å². The Labute approximate surface area is 390 Å². The number of hydrogen-bond acceptors (Lipinski definition) is 10. The summed E-state index contributed by atoms with van der Waals surface area (Å²) in [5.41, 5.74) is 9.51. The average Bonchev–Trinajstić information content (AvgIpc) is 3.84. The molecule has 15 nitrogen and oxygen atoms in total. The van der Waals surface area contributed by atoms with E-state index in [-0.39, 0.29) is 45.2 Å². The van der Waals surface area contributed by atoms with E-state index in [1.165, 1.54) is 21.2 Å². The van der Waals surface area contributed by atoms with Crippen molar-refractivity contribution in [3.63, 3.8) is 0 Å². The highest BCUT2D eigenvalue weighted by Crippen LogP contribution is 2.42. The quantitative estimate of drug-likeness (QED) is 0.179. The van der Waals surface area contributed by atoms with Crippen molar-refractivity contribution in [2.75, 3.05) is 40.3 Å². The van der Waals surface area contributed by atoms with E-state index in [9.17, 15) is 24.0 Å². The van der Waals surface area contributed by atoms with Gasteiger partial charge in [-0.1, -0.05) is 61.5 Å². The number of rotatable bonds is 8. The van der Waals surface area contributed by atoms with Crippen LogP contribution in [0.25, 0.3) is 33.4 Å². The first-order valence-electron chi connectivity index (χ1n) is 23.1. The highest BCUT2D eigenvalue weighted by molar-refractivity contribution is 7.10. The zero-order chi connectivity index (χ0) is 47.1. The number of aryl methyl sites for hydroxylation is 1. The van der Waals surface area contributed by atoms with Gasteiger partial charge in [0.1, 0.15) is 18.1 Å². The molecular weight excluding hydrogens is 843 g/mol. The summed E-state index contributed by atoms with van der Waals surface area (Å²) >= 11 is 1.42. The van der Waals surface area contributed by atoms with Gasteiger partial charge in [0.05, 0.1) is 34.7 Å². The van der Waals surface area contributed by atoms with E-state index < -0.39 is 41.3 Å². The standard InChI is InChI=1S/C49H67N9O6S.2H2/c1-12-40(59)56-25-31(26-56)54(10)47(63)55(11)41(29(3)4)44(60)52-36-23-39-51-37(27-65-39)30-18-19-38-33(22-30)34(42(57(38)13-2)32-16-14-20-50-43(32)48(5,6)7)24-49(8,9)28-64-46(62)35-17-15-21-58(53-35)45(36)61;;/h14,16,18-20,22,27,29,31,35-36,41,53H,12-13,15,17,21,23-26,28H2,1-11H3,(H,52,60);2*1H/t35-,36-,41-;;/m0../s1. The van der Waals surface area contributed by atoms with Gasteiger partial charge in [-0.05, 0) is 61.9 Å². The fourth-order valence-corrected chi connectivity index (χ4v) is 10.4. The Morgan fingerprint density at radius 3 is 2.52 bits per heavy atom. The van der Waals surface area contributed by atoms with Gasteiger partial charge in [-0.15, -0.1) is 11.3 Å². The lowest BCUT2D eigenvalue weighted by Crippen LogP contribution is -2.65. The fraction of sp³-hybridized carbons (Fsp3) is 0.571. The summed E-state index contributed by atoms with van der Waals surface area (Å²) in [6.07, 6.45) is 3.98. The van der Waals surface area contributed by atoms with Gasteiger partial charge >= 0.3 is 12.0 Å². The molecule has 1 aromatic carbocycles. The molecule has 0 unspecified atom stereocenters. The largest absolute Gasteiger partial charge is 0.464 e. The van der Waals surface area contributed by atoms with E-state index in [1.807, 2.05) is 38.4 Å². The van der Waals surface area contributed by atoms with Crippen LogP contribution in [0.3, 0.4) is 0 Å². The summed E-state index contributed by atoms with van der Waals surface area (Å²) in [6.45, 7) is 20.5. The maximum Gasteiger partial charge on any atom is 0.324 e. The number of nitrogens with one attached hydrogen (secondary N) is 2. The molecule has 0 spiro atoms. The highest BCUT2D eigenvalue weighted by Gasteiger charge is 2.41. The summed E-state index contributed by atoms with van der Waals surface area (Å²) in [5.74, 6) is -1.61. The van der Waals surface area contributed by atoms with E-state index in [4.69, 9.17) is 14.7 Å². The summed E-state index contributed by atoms with van der Waals surface area (Å²) < 4.78 is 8.49. The lowest BCUT2D eigenvalue weighted by Gasteiger charge is -2.45. The van der Waals surface area contributed by atoms with Crippen LogP contribution in [-0.4, -0.2) is 128 Å². The molecule has 0 radical (unpaired) electrons. The third-order valence-electron chi connectivity index (χ3n) is 13.1. The molecule has 6 heterocycles. The SMILES string of the molecule is CCC(=O)N1CC(N(C)C(=O)N(C)[C@H](C(=O)N[C@H]2Cc3nc(cs3)-c3ccc4c(c3)c(c(-c3cccnc3C(C)(C)C)n4CC)CC(C)(C)COC(=O)[C@@H]3CCCN(N3)C2=O)C(C)C)C1.[HH].[HH]. The number of ether oxygens (including phenoxy) is 1. The molecule has 3 aliphatic heterocycles. The van der Waals surface area contributed by atoms with Crippen molar-refractivity contribution in [1.82, 2.24) is 45.0 Å². The van der Waals surface area contributed by atoms with Gasteiger partial charge in [0, 0.05) is 100 Å². The molecule has 354 valence electrons. The first kappa shape index (κ1) is 47.6. The van der Waals surface area contributed by atoms with Gasteiger partial charge in [-0.2, -0.15) is 0 Å². The third-order valence-corrected chi connectivity index (χ3v) is 14.0. The second kappa shape index (κ2) is 18.9. The number of esters is 1. The zero-order valence-corrected chi connectivity index (χ0v) is 40.8. The van der Waals surface area contributed by atoms with Crippen LogP contribution < -0.4 is 10.7 Å². The number of benzene rings is 1. The third kappa shape index (κ3) is 9.79. The second-order valence-electron chi connectivity index (χ2n) is 20.1. The minimum atomic E-state index is -1.07. The van der Waals surface area contributed by atoms with Crippen molar-refractivity contribution >= 4 is 52.0 Å². The van der Waals surface area contributed by atoms with E-state index in [1.54, 1.807) is 23.9 Å². The first-order valence-corrected chi connectivity index (χ1v) is 24.0. The normalized spacial score (nSPS) is 19.9. The molecule has 0 saturated carbocycles. The monoisotopic (exact) mass is 914 g/mol. The van der Waals surface area contributed by atoms with Gasteiger partial charge in [-0.3, -0.25) is 29.2 Å². The van der Waals surface area contributed by atoms with Crippen LogP contribution in [0, 0.1) is 11.3 Å². The summed E-state index contributed by atoms with van der Waals surface area (Å²) in [4.78, 5) is 83.8. The second-order valence-corrected chi connectivity index (χ2v) is 21.0. The molecule has 4 aromatic rings. The Morgan fingerprint density at radius 2 is 1.85 bits per heavy atom. The van der Waals surface area contributed by atoms with Crippen molar-refractivity contribution in [2.24, 2.45) is 11.3 Å². The number of hydrazine groups is 1. The van der Waals surface area contributed by atoms with Gasteiger partial charge < -0.3 is 29.3 Å². The Balaban J connectivity index is 0.00000420. The molecule has 2 fully saturated rings. The summed E-state index contributed by atoms with van der Waals surface area (Å²) in [5, 5.41) is 8.17. The maximum absolute atomic E-state index is 14.6. The number of thiazole rings is 1. The van der Waals surface area contributed by atoms with Gasteiger partial charge in [0.25, 0.3) is 5.91 Å². The number of carbonyl (C=O) groups excluding carboxylic acids is 5. The van der Waals surface area contributed by atoms with Crippen LogP contribution >= 0.6 is 11.3 Å². The topological polar surface area (TPSA) is 162 Å². The predicted octanol–water partition coefficient (Wildman–Crippen LogP) is 6.91. The predicted molar refractivity (Wildman–Crippen MR) is 257 cm³/mol. The Bertz CT molecular complexity index is 2460. The number of amides is 5. The van der Waals surface area contributed by atoms with Crippen LogP contribution in [0.15, 0.2) is 41.9 Å². The first-order chi connectivity index (χ1) is 30.7. The van der Waals surface area contributed by atoms with E-state index >= 15 is 0 Å². The number of cyclic esters (lactones) is 1. The van der Waals surface area contributed by atoms with E-state index in [0.717, 1.165) is 51.2 Å². The van der Waals surface area contributed by atoms with Crippen molar-refractivity contribution in [3.8, 4) is 22.5 Å². The summed E-state index contributed by atoms with van der Waals surface area (Å²) in [7, 11) is 3.28. The highest BCUT2D eigenvalue weighted by atomic mass is 32.1. The number of pyridine rings is 1. The molecule has 16 heteroatoms. The molecule has 3 atom stereocenters. The molecule has 2 saturated heterocycles. The number of aromatic nitrogens is 3. The Hall–Kier alpha value is -5.35. The lowest BCUT2D eigenvalue weighted by atomic mass is 9.82. The molecular formula is C49H71N9O6S. The molecule has 6 bridgehead atoms. The Kier molecular flexibility index (Phi) is 13.8. The zero-order valence-electron chi connectivity index (χ0n) is 40.0. The van der Waals surface area contributed by atoms with Crippen molar-refractivity contribution in [2.45, 2.75) is 131 Å². The van der Waals surface area contributed by atoms with Crippen LogP contribution in [0.4, 0.5) is 4.79 Å². The number of urea groups is 1. The molecule has 65 heavy (non-hydrogen) atoms. The fourth-order valence-electron chi connectivity index (χ4n) is 9.54. The summed E-state index contributed by atoms with van der Waals surface area (Å²) in [6, 6.07) is 7.30. The van der Waals surface area contributed by atoms with Gasteiger partial charge in [0.15, 0.2) is 0 Å². The number of carbonyl (C=O) groups is 5. The molecule has 0 aliphatic carbocycles. The minimum absolute atomic E-state index is 0. The molecule has 7 rings (SSSR count). The molecule has 3 aliphatic rings. The maximum atomic E-state index is 14.6. The molecule has 5 amide bonds. The number of nitrogens with zero attached hydrogens (tertiary/aromatic N) is 7. The van der Waals surface area contributed by atoms with Crippen LogP contribution in [-0.2, 0) is 48.7 Å². The lowest BCUT2D eigenvalue weighted by molar-refractivity contribution is -0.155. The number of likely N-dealkylation sites (tertiary alicyclic amines) is 1. The van der Waals surface area contributed by atoms with Crippen molar-refractivity contribution < 1.29 is 31.6 Å². The van der Waals surface area contributed by atoms with Crippen LogP contribution in [0.2, 0.25) is 0 Å². The van der Waals surface area contributed by atoms with Crippen molar-refractivity contribution in [1.29, 1.82) is 0 Å². The van der Waals surface area contributed by atoms with Crippen molar-refractivity contribution in [3.05, 3.63) is 58.2 Å². The number of likely N-dealkylation sites (N-methyl/N-ethyl adjacent to an activating group) is 2. The molecule has 3 aromatic heterocycles. The average molecular weight is 914 g/mol.